The first-order chi connectivity index (χ1) is 8.88. The number of carbonyl (C=O) groups excluding carboxylic acids is 1. The van der Waals surface area contributed by atoms with Gasteiger partial charge in [-0.05, 0) is 25.8 Å². The van der Waals surface area contributed by atoms with Gasteiger partial charge >= 0.3 is 6.09 Å². The third kappa shape index (κ3) is 6.79. The minimum Gasteiger partial charge on any atom is -0.443 e. The van der Waals surface area contributed by atoms with E-state index < -0.39 is 0 Å². The Morgan fingerprint density at radius 2 is 2.16 bits per heavy atom. The summed E-state index contributed by atoms with van der Waals surface area (Å²) in [5.74, 6) is 0.642. The molecule has 0 aromatic heterocycles. The second kappa shape index (κ2) is 8.29. The average molecular weight is 382 g/mol. The lowest BCUT2D eigenvalue weighted by molar-refractivity contribution is 0.110. The number of alkyl halides is 1. The van der Waals surface area contributed by atoms with Gasteiger partial charge in [0.25, 0.3) is 0 Å². The Bertz CT molecular complexity index is 285. The molecule has 112 valence electrons. The Labute approximate surface area is 131 Å². The highest BCUT2D eigenvalue weighted by atomic mass is 127. The summed E-state index contributed by atoms with van der Waals surface area (Å²) in [7, 11) is 2.09. The van der Waals surface area contributed by atoms with Gasteiger partial charge in [-0.2, -0.15) is 0 Å². The summed E-state index contributed by atoms with van der Waals surface area (Å²) >= 11 is 2.42. The molecule has 1 heterocycles. The second-order valence-electron chi connectivity index (χ2n) is 5.99. The van der Waals surface area contributed by atoms with E-state index in [1.807, 2.05) is 4.90 Å². The fourth-order valence-electron chi connectivity index (χ4n) is 2.46. The van der Waals surface area contributed by atoms with Crippen LogP contribution >= 0.6 is 22.6 Å². The number of ether oxygens (including phenoxy) is 1. The largest absolute Gasteiger partial charge is 0.443 e. The Kier molecular flexibility index (Phi) is 7.42. The molecule has 0 spiro atoms. The Morgan fingerprint density at radius 3 is 2.74 bits per heavy atom. The van der Waals surface area contributed by atoms with E-state index in [1.54, 1.807) is 0 Å². The number of rotatable bonds is 8. The van der Waals surface area contributed by atoms with Crippen molar-refractivity contribution in [3.63, 3.8) is 0 Å². The van der Waals surface area contributed by atoms with E-state index in [2.05, 4.69) is 55.3 Å². The molecule has 19 heavy (non-hydrogen) atoms. The second-order valence-corrected chi connectivity index (χ2v) is 8.12. The van der Waals surface area contributed by atoms with Gasteiger partial charge in [0, 0.05) is 23.6 Å². The molecule has 0 N–H and O–H groups in total. The summed E-state index contributed by atoms with van der Waals surface area (Å²) in [6, 6.07) is 0. The molecule has 1 amide bonds. The van der Waals surface area contributed by atoms with Gasteiger partial charge in [0.05, 0.1) is 6.54 Å². The quantitative estimate of drug-likeness (QED) is 0.478. The molecule has 0 aromatic carbocycles. The van der Waals surface area contributed by atoms with Crippen LogP contribution in [-0.2, 0) is 4.74 Å². The SMILES string of the molecule is CC(C)CN(C)C[C@@H]1CN(CCCC(C)I)C(=O)O1. The van der Waals surface area contributed by atoms with Gasteiger partial charge in [-0.1, -0.05) is 43.4 Å². The average Bonchev–Trinajstić information content (AvgIpc) is 2.57. The lowest BCUT2D eigenvalue weighted by Crippen LogP contribution is -2.34. The molecule has 0 saturated carbocycles. The minimum atomic E-state index is -0.135. The first-order valence-corrected chi connectivity index (χ1v) is 8.41. The van der Waals surface area contributed by atoms with Crippen LogP contribution in [0.3, 0.4) is 0 Å². The van der Waals surface area contributed by atoms with Crippen LogP contribution in [0.2, 0.25) is 0 Å². The zero-order chi connectivity index (χ0) is 14.4. The molecule has 1 aliphatic heterocycles. The normalized spacial score (nSPS) is 21.3. The van der Waals surface area contributed by atoms with E-state index in [-0.39, 0.29) is 12.2 Å². The Balaban J connectivity index is 2.27. The first kappa shape index (κ1) is 17.0. The maximum Gasteiger partial charge on any atom is 0.410 e. The molecule has 4 nitrogen and oxygen atoms in total. The summed E-state index contributed by atoms with van der Waals surface area (Å²) < 4.78 is 6.10. The van der Waals surface area contributed by atoms with E-state index >= 15 is 0 Å². The number of hydrogen-bond donors (Lipinski definition) is 0. The van der Waals surface area contributed by atoms with Gasteiger partial charge in [-0.3, -0.25) is 0 Å². The Hall–Kier alpha value is -0.0400. The van der Waals surface area contributed by atoms with Crippen LogP contribution in [-0.4, -0.2) is 59.1 Å². The molecule has 0 radical (unpaired) electrons. The predicted molar refractivity (Wildman–Crippen MR) is 86.9 cm³/mol. The number of halogens is 1. The molecule has 0 aliphatic carbocycles. The van der Waals surface area contributed by atoms with Gasteiger partial charge in [0.1, 0.15) is 6.10 Å². The molecule has 1 aliphatic rings. The van der Waals surface area contributed by atoms with Crippen LogP contribution in [0.4, 0.5) is 4.79 Å². The molecular formula is C14H27IN2O2. The van der Waals surface area contributed by atoms with Crippen LogP contribution in [0.5, 0.6) is 0 Å². The summed E-state index contributed by atoms with van der Waals surface area (Å²) in [6.07, 6.45) is 2.12. The molecule has 1 saturated heterocycles. The van der Waals surface area contributed by atoms with Crippen LogP contribution in [0, 0.1) is 5.92 Å². The lowest BCUT2D eigenvalue weighted by atomic mass is 10.2. The van der Waals surface area contributed by atoms with Crippen molar-refractivity contribution in [2.24, 2.45) is 5.92 Å². The van der Waals surface area contributed by atoms with Crippen LogP contribution in [0.15, 0.2) is 0 Å². The van der Waals surface area contributed by atoms with Crippen molar-refractivity contribution in [3.8, 4) is 0 Å². The van der Waals surface area contributed by atoms with Crippen molar-refractivity contribution in [2.45, 2.75) is 43.6 Å². The molecule has 1 rings (SSSR count). The van der Waals surface area contributed by atoms with Crippen molar-refractivity contribution >= 4 is 28.7 Å². The summed E-state index contributed by atoms with van der Waals surface area (Å²) in [5.41, 5.74) is 0. The molecule has 0 bridgehead atoms. The van der Waals surface area contributed by atoms with E-state index in [9.17, 15) is 4.79 Å². The van der Waals surface area contributed by atoms with Crippen LogP contribution in [0.1, 0.15) is 33.6 Å². The van der Waals surface area contributed by atoms with Crippen molar-refractivity contribution in [1.82, 2.24) is 9.80 Å². The zero-order valence-corrected chi connectivity index (χ0v) is 14.7. The van der Waals surface area contributed by atoms with Crippen molar-refractivity contribution < 1.29 is 9.53 Å². The topological polar surface area (TPSA) is 32.8 Å². The first-order valence-electron chi connectivity index (χ1n) is 7.16. The lowest BCUT2D eigenvalue weighted by Gasteiger charge is -2.21. The third-order valence-electron chi connectivity index (χ3n) is 3.17. The third-order valence-corrected chi connectivity index (χ3v) is 3.79. The van der Waals surface area contributed by atoms with E-state index in [4.69, 9.17) is 4.74 Å². The van der Waals surface area contributed by atoms with Crippen molar-refractivity contribution in [1.29, 1.82) is 0 Å². The number of nitrogens with zero attached hydrogens (tertiary/aromatic N) is 2. The highest BCUT2D eigenvalue weighted by molar-refractivity contribution is 14.1. The smallest absolute Gasteiger partial charge is 0.410 e. The number of amides is 1. The van der Waals surface area contributed by atoms with E-state index in [0.29, 0.717) is 9.84 Å². The molecule has 1 fully saturated rings. The highest BCUT2D eigenvalue weighted by Crippen LogP contribution is 2.15. The van der Waals surface area contributed by atoms with Gasteiger partial charge in [-0.15, -0.1) is 0 Å². The van der Waals surface area contributed by atoms with Crippen LogP contribution < -0.4 is 0 Å². The maximum atomic E-state index is 11.7. The van der Waals surface area contributed by atoms with Gasteiger partial charge in [0.2, 0.25) is 0 Å². The number of hydrogen-bond acceptors (Lipinski definition) is 3. The number of likely N-dealkylation sites (N-methyl/N-ethyl adjacent to an activating group) is 1. The Morgan fingerprint density at radius 1 is 1.47 bits per heavy atom. The highest BCUT2D eigenvalue weighted by Gasteiger charge is 2.31. The molecule has 0 aromatic rings. The monoisotopic (exact) mass is 382 g/mol. The van der Waals surface area contributed by atoms with Gasteiger partial charge in [-0.25, -0.2) is 4.79 Å². The van der Waals surface area contributed by atoms with Gasteiger partial charge in [0.15, 0.2) is 0 Å². The molecule has 1 unspecified atom stereocenters. The van der Waals surface area contributed by atoms with E-state index in [0.717, 1.165) is 39.0 Å². The molecule has 5 heteroatoms. The summed E-state index contributed by atoms with van der Waals surface area (Å²) in [4.78, 5) is 15.9. The fraction of sp³-hybridized carbons (Fsp3) is 0.929. The van der Waals surface area contributed by atoms with Crippen LogP contribution in [0.25, 0.3) is 0 Å². The summed E-state index contributed by atoms with van der Waals surface area (Å²) in [6.45, 7) is 10.1. The van der Waals surface area contributed by atoms with Crippen molar-refractivity contribution in [2.75, 3.05) is 33.2 Å². The number of cyclic esters (lactones) is 1. The standard InChI is InChI=1S/C14H27IN2O2/c1-11(2)8-16(4)9-13-10-17(14(18)19-13)7-5-6-12(3)15/h11-13H,5-10H2,1-4H3/t12?,13-/m1/s1. The van der Waals surface area contributed by atoms with Crippen molar-refractivity contribution in [3.05, 3.63) is 0 Å². The maximum absolute atomic E-state index is 11.7. The molecular weight excluding hydrogens is 355 g/mol. The number of carbonyl (C=O) groups is 1. The predicted octanol–water partition coefficient (Wildman–Crippen LogP) is 3.00. The zero-order valence-electron chi connectivity index (χ0n) is 12.6. The summed E-state index contributed by atoms with van der Waals surface area (Å²) in [5, 5.41) is 0. The van der Waals surface area contributed by atoms with E-state index in [1.165, 1.54) is 0 Å². The fourth-order valence-corrected chi connectivity index (χ4v) is 2.90. The molecule has 2 atom stereocenters. The minimum absolute atomic E-state index is 0.0354. The van der Waals surface area contributed by atoms with Gasteiger partial charge < -0.3 is 14.5 Å².